The molecule has 0 saturated heterocycles. The zero-order valence-corrected chi connectivity index (χ0v) is 6.77. The number of hydrogen-bond donors (Lipinski definition) is 2. The number of carbonyl (C=O) groups excluding carboxylic acids is 1. The van der Waals surface area contributed by atoms with Crippen molar-refractivity contribution in [2.75, 3.05) is 6.61 Å². The highest BCUT2D eigenvalue weighted by Gasteiger charge is 2.48. The summed E-state index contributed by atoms with van der Waals surface area (Å²) in [7, 11) is 0. The van der Waals surface area contributed by atoms with Crippen molar-refractivity contribution in [1.29, 1.82) is 0 Å². The van der Waals surface area contributed by atoms with Gasteiger partial charge in [-0.25, -0.2) is 0 Å². The first-order chi connectivity index (χ1) is 5.93. The third-order valence-corrected chi connectivity index (χ3v) is 2.11. The second-order valence-corrected chi connectivity index (χ2v) is 3.13. The van der Waals surface area contributed by atoms with E-state index in [1.165, 1.54) is 0 Å². The number of aliphatic hydroxyl groups excluding tert-OH is 1. The van der Waals surface area contributed by atoms with Gasteiger partial charge in [-0.3, -0.25) is 4.79 Å². The van der Waals surface area contributed by atoms with Crippen molar-refractivity contribution in [3.8, 4) is 0 Å². The Morgan fingerprint density at radius 1 is 1.46 bits per heavy atom. The summed E-state index contributed by atoms with van der Waals surface area (Å²) in [6.45, 7) is -0.673. The van der Waals surface area contributed by atoms with E-state index in [4.69, 9.17) is 5.11 Å². The van der Waals surface area contributed by atoms with Crippen LogP contribution in [0.5, 0.6) is 0 Å². The Labute approximate surface area is 72.9 Å². The maximum atomic E-state index is 11.9. The third-order valence-electron chi connectivity index (χ3n) is 2.11. The smallest absolute Gasteiger partial charge is 0.387 e. The Morgan fingerprint density at radius 2 is 2.00 bits per heavy atom. The topological polar surface area (TPSA) is 49.3 Å². The highest BCUT2D eigenvalue weighted by atomic mass is 19.4. The molecular weight excluding hydrogens is 187 g/mol. The quantitative estimate of drug-likeness (QED) is 0.674. The molecular formula is C7H10F3NO2. The number of halogens is 3. The molecule has 76 valence electrons. The SMILES string of the molecule is O=C(CO)NC1CC(C(F)(F)F)C1. The molecule has 0 atom stereocenters. The molecule has 0 radical (unpaired) electrons. The fraction of sp³-hybridized carbons (Fsp3) is 0.857. The Kier molecular flexibility index (Phi) is 2.80. The number of carbonyl (C=O) groups is 1. The van der Waals surface area contributed by atoms with Gasteiger partial charge in [-0.1, -0.05) is 0 Å². The lowest BCUT2D eigenvalue weighted by atomic mass is 9.80. The van der Waals surface area contributed by atoms with E-state index in [1.807, 2.05) is 0 Å². The molecule has 1 rings (SSSR count). The summed E-state index contributed by atoms with van der Waals surface area (Å²) in [5, 5.41) is 10.6. The van der Waals surface area contributed by atoms with Gasteiger partial charge in [0.15, 0.2) is 0 Å². The fourth-order valence-electron chi connectivity index (χ4n) is 1.28. The maximum Gasteiger partial charge on any atom is 0.391 e. The van der Waals surface area contributed by atoms with Crippen molar-refractivity contribution in [3.05, 3.63) is 0 Å². The van der Waals surface area contributed by atoms with Crippen LogP contribution in [0.15, 0.2) is 0 Å². The van der Waals surface area contributed by atoms with Gasteiger partial charge in [0.05, 0.1) is 5.92 Å². The minimum absolute atomic E-state index is 0.0742. The number of aliphatic hydroxyl groups is 1. The van der Waals surface area contributed by atoms with Crippen LogP contribution in [0.2, 0.25) is 0 Å². The first-order valence-corrected chi connectivity index (χ1v) is 3.90. The lowest BCUT2D eigenvalue weighted by Crippen LogP contribution is -2.49. The average molecular weight is 197 g/mol. The molecule has 0 aromatic rings. The molecule has 0 heterocycles. The first kappa shape index (κ1) is 10.3. The summed E-state index contributed by atoms with van der Waals surface area (Å²) in [5.41, 5.74) is 0. The summed E-state index contributed by atoms with van der Waals surface area (Å²) in [4.78, 5) is 10.5. The summed E-state index contributed by atoms with van der Waals surface area (Å²) >= 11 is 0. The van der Waals surface area contributed by atoms with Gasteiger partial charge in [0.1, 0.15) is 6.61 Å². The number of alkyl halides is 3. The molecule has 13 heavy (non-hydrogen) atoms. The summed E-state index contributed by atoms with van der Waals surface area (Å²) in [5.74, 6) is -1.91. The summed E-state index contributed by atoms with van der Waals surface area (Å²) in [6, 6.07) is -0.425. The standard InChI is InChI=1S/C7H10F3NO2/c8-7(9,10)4-1-5(2-4)11-6(13)3-12/h4-5,12H,1-3H2,(H,11,13). The van der Waals surface area contributed by atoms with E-state index in [0.29, 0.717) is 0 Å². The van der Waals surface area contributed by atoms with Gasteiger partial charge < -0.3 is 10.4 Å². The molecule has 0 spiro atoms. The van der Waals surface area contributed by atoms with E-state index < -0.39 is 30.7 Å². The van der Waals surface area contributed by atoms with Gasteiger partial charge in [0.25, 0.3) is 0 Å². The Morgan fingerprint density at radius 3 is 2.38 bits per heavy atom. The Bertz CT molecular complexity index is 198. The molecule has 3 nitrogen and oxygen atoms in total. The molecule has 2 N–H and O–H groups in total. The van der Waals surface area contributed by atoms with Crippen LogP contribution in [0, 0.1) is 5.92 Å². The van der Waals surface area contributed by atoms with E-state index >= 15 is 0 Å². The van der Waals surface area contributed by atoms with E-state index in [2.05, 4.69) is 5.32 Å². The van der Waals surface area contributed by atoms with Crippen LogP contribution in [0.1, 0.15) is 12.8 Å². The molecule has 0 aromatic heterocycles. The van der Waals surface area contributed by atoms with E-state index in [1.54, 1.807) is 0 Å². The van der Waals surface area contributed by atoms with Crippen molar-refractivity contribution >= 4 is 5.91 Å². The lowest BCUT2D eigenvalue weighted by molar-refractivity contribution is -0.199. The molecule has 0 unspecified atom stereocenters. The van der Waals surface area contributed by atoms with E-state index in [0.717, 1.165) is 0 Å². The number of hydrogen-bond acceptors (Lipinski definition) is 2. The second-order valence-electron chi connectivity index (χ2n) is 3.13. The molecule has 0 aliphatic heterocycles. The largest absolute Gasteiger partial charge is 0.391 e. The molecule has 1 aliphatic rings. The van der Waals surface area contributed by atoms with Crippen molar-refractivity contribution in [3.63, 3.8) is 0 Å². The molecule has 0 bridgehead atoms. The first-order valence-electron chi connectivity index (χ1n) is 3.90. The van der Waals surface area contributed by atoms with Gasteiger partial charge in [-0.05, 0) is 12.8 Å². The van der Waals surface area contributed by atoms with Crippen LogP contribution >= 0.6 is 0 Å². The van der Waals surface area contributed by atoms with Gasteiger partial charge in [-0.2, -0.15) is 13.2 Å². The van der Waals surface area contributed by atoms with Gasteiger partial charge >= 0.3 is 6.18 Å². The predicted molar refractivity (Wildman–Crippen MR) is 37.8 cm³/mol. The summed E-state index contributed by atoms with van der Waals surface area (Å²) < 4.78 is 35.8. The monoisotopic (exact) mass is 197 g/mol. The number of nitrogens with one attached hydrogen (secondary N) is 1. The van der Waals surface area contributed by atoms with Crippen molar-refractivity contribution in [2.24, 2.45) is 5.92 Å². The van der Waals surface area contributed by atoms with Crippen LogP contribution in [-0.2, 0) is 4.79 Å². The number of rotatable bonds is 2. The molecule has 6 heteroatoms. The summed E-state index contributed by atoms with van der Waals surface area (Å²) in [6.07, 6.45) is -4.30. The van der Waals surface area contributed by atoms with Crippen LogP contribution in [0.4, 0.5) is 13.2 Å². The van der Waals surface area contributed by atoms with Gasteiger partial charge in [-0.15, -0.1) is 0 Å². The van der Waals surface area contributed by atoms with E-state index in [-0.39, 0.29) is 12.8 Å². The average Bonchev–Trinajstić information content (AvgIpc) is 1.92. The fourth-order valence-corrected chi connectivity index (χ4v) is 1.28. The highest BCUT2D eigenvalue weighted by Crippen LogP contribution is 2.40. The molecule has 1 amide bonds. The van der Waals surface area contributed by atoms with Crippen molar-refractivity contribution in [2.45, 2.75) is 25.1 Å². The minimum atomic E-state index is -4.15. The van der Waals surface area contributed by atoms with Gasteiger partial charge in [0, 0.05) is 6.04 Å². The van der Waals surface area contributed by atoms with E-state index in [9.17, 15) is 18.0 Å². The molecule has 1 saturated carbocycles. The normalized spacial score (nSPS) is 28.0. The number of amides is 1. The zero-order chi connectivity index (χ0) is 10.1. The maximum absolute atomic E-state index is 11.9. The Balaban J connectivity index is 2.22. The lowest BCUT2D eigenvalue weighted by Gasteiger charge is -2.36. The second kappa shape index (κ2) is 3.53. The van der Waals surface area contributed by atoms with Crippen LogP contribution in [0.3, 0.4) is 0 Å². The van der Waals surface area contributed by atoms with Gasteiger partial charge in [0.2, 0.25) is 5.91 Å². The minimum Gasteiger partial charge on any atom is -0.387 e. The van der Waals surface area contributed by atoms with Crippen LogP contribution in [-0.4, -0.2) is 29.8 Å². The van der Waals surface area contributed by atoms with Crippen LogP contribution in [0.25, 0.3) is 0 Å². The van der Waals surface area contributed by atoms with Crippen LogP contribution < -0.4 is 5.32 Å². The zero-order valence-electron chi connectivity index (χ0n) is 6.77. The molecule has 1 fully saturated rings. The highest BCUT2D eigenvalue weighted by molar-refractivity contribution is 5.77. The third kappa shape index (κ3) is 2.58. The van der Waals surface area contributed by atoms with Crippen molar-refractivity contribution in [1.82, 2.24) is 5.32 Å². The Hall–Kier alpha value is -0.780. The molecule has 1 aliphatic carbocycles. The predicted octanol–water partition coefficient (Wildman–Crippen LogP) is 0.436. The van der Waals surface area contributed by atoms with Crippen molar-refractivity contribution < 1.29 is 23.1 Å². The molecule has 0 aromatic carbocycles.